The number of carbonyl (C=O) groups excluding carboxylic acids is 4. The molecule has 2 N–H and O–H groups in total. The zero-order valence-corrected chi connectivity index (χ0v) is 21.1. The molecule has 190 valence electrons. The average Bonchev–Trinajstić information content (AvgIpc) is 2.77. The fourth-order valence-electron chi connectivity index (χ4n) is 3.11. The van der Waals surface area contributed by atoms with Crippen molar-refractivity contribution in [2.24, 2.45) is 0 Å². The summed E-state index contributed by atoms with van der Waals surface area (Å²) < 4.78 is 10.1. The van der Waals surface area contributed by atoms with Gasteiger partial charge in [-0.05, 0) is 52.3 Å². The minimum absolute atomic E-state index is 0.0195. The summed E-state index contributed by atoms with van der Waals surface area (Å²) in [6.45, 7) is 12.3. The molecule has 0 spiro atoms. The molecule has 1 aromatic rings. The molecule has 9 nitrogen and oxygen atoms in total. The van der Waals surface area contributed by atoms with Gasteiger partial charge in [0.25, 0.3) is 0 Å². The van der Waals surface area contributed by atoms with Gasteiger partial charge in [-0.15, -0.1) is 13.0 Å². The van der Waals surface area contributed by atoms with Gasteiger partial charge in [-0.3, -0.25) is 14.4 Å². The fourth-order valence-corrected chi connectivity index (χ4v) is 3.11. The summed E-state index contributed by atoms with van der Waals surface area (Å²) in [5.74, 6) is 1.02. The second kappa shape index (κ2) is 13.8. The summed E-state index contributed by atoms with van der Waals surface area (Å²) in [4.78, 5) is 51.7. The van der Waals surface area contributed by atoms with E-state index in [9.17, 15) is 19.2 Å². The lowest BCUT2D eigenvalue weighted by Gasteiger charge is -2.33. The molecular formula is C26H35N3O6. The SMILES string of the molecule is C#Cc1ccc(C(C(=O)NCCC(=O)OCC)N(CC=C)C(=O)C(C)NC(=O)OC(C)(C)C)cc1. The molecule has 0 radical (unpaired) electrons. The highest BCUT2D eigenvalue weighted by Crippen LogP contribution is 2.23. The number of ether oxygens (including phenoxy) is 2. The van der Waals surface area contributed by atoms with E-state index in [1.807, 2.05) is 0 Å². The second-order valence-corrected chi connectivity index (χ2v) is 8.66. The van der Waals surface area contributed by atoms with E-state index >= 15 is 0 Å². The van der Waals surface area contributed by atoms with Gasteiger partial charge in [0.2, 0.25) is 11.8 Å². The molecule has 0 aromatic heterocycles. The lowest BCUT2D eigenvalue weighted by molar-refractivity contribution is -0.144. The molecule has 9 heteroatoms. The minimum Gasteiger partial charge on any atom is -0.466 e. The van der Waals surface area contributed by atoms with E-state index in [4.69, 9.17) is 15.9 Å². The van der Waals surface area contributed by atoms with Crippen LogP contribution in [0.4, 0.5) is 4.79 Å². The van der Waals surface area contributed by atoms with Gasteiger partial charge in [0.1, 0.15) is 17.7 Å². The van der Waals surface area contributed by atoms with E-state index in [-0.39, 0.29) is 26.1 Å². The monoisotopic (exact) mass is 485 g/mol. The smallest absolute Gasteiger partial charge is 0.408 e. The highest BCUT2D eigenvalue weighted by molar-refractivity contribution is 5.92. The van der Waals surface area contributed by atoms with E-state index in [1.54, 1.807) is 52.0 Å². The van der Waals surface area contributed by atoms with Crippen LogP contribution >= 0.6 is 0 Å². The lowest BCUT2D eigenvalue weighted by atomic mass is 10.0. The van der Waals surface area contributed by atoms with Gasteiger partial charge in [-0.2, -0.15) is 0 Å². The fraction of sp³-hybridized carbons (Fsp3) is 0.462. The van der Waals surface area contributed by atoms with Crippen molar-refractivity contribution in [2.75, 3.05) is 19.7 Å². The quantitative estimate of drug-likeness (QED) is 0.283. The van der Waals surface area contributed by atoms with Crippen LogP contribution in [0.25, 0.3) is 0 Å². The van der Waals surface area contributed by atoms with Crippen molar-refractivity contribution in [3.8, 4) is 12.3 Å². The third-order valence-electron chi connectivity index (χ3n) is 4.60. The van der Waals surface area contributed by atoms with Crippen molar-refractivity contribution >= 4 is 23.9 Å². The summed E-state index contributed by atoms with van der Waals surface area (Å²) in [6, 6.07) is 4.56. The number of nitrogens with zero attached hydrogens (tertiary/aromatic N) is 1. The Hall–Kier alpha value is -3.80. The first-order valence-corrected chi connectivity index (χ1v) is 11.3. The molecular weight excluding hydrogens is 450 g/mol. The molecule has 3 amide bonds. The number of hydrogen-bond acceptors (Lipinski definition) is 6. The Morgan fingerprint density at radius 2 is 1.83 bits per heavy atom. The molecule has 1 rings (SSSR count). The van der Waals surface area contributed by atoms with Crippen LogP contribution in [-0.4, -0.2) is 60.1 Å². The molecule has 0 fully saturated rings. The minimum atomic E-state index is -1.07. The summed E-state index contributed by atoms with van der Waals surface area (Å²) in [7, 11) is 0. The average molecular weight is 486 g/mol. The van der Waals surface area contributed by atoms with Gasteiger partial charge >= 0.3 is 12.1 Å². The Labute approximate surface area is 207 Å². The zero-order valence-electron chi connectivity index (χ0n) is 21.1. The van der Waals surface area contributed by atoms with Crippen LogP contribution in [0, 0.1) is 12.3 Å². The second-order valence-electron chi connectivity index (χ2n) is 8.66. The molecule has 35 heavy (non-hydrogen) atoms. The number of amides is 3. The molecule has 2 atom stereocenters. The van der Waals surface area contributed by atoms with Gasteiger partial charge in [0.05, 0.1) is 13.0 Å². The van der Waals surface area contributed by atoms with Crippen molar-refractivity contribution in [1.82, 2.24) is 15.5 Å². The molecule has 0 bridgehead atoms. The summed E-state index contributed by atoms with van der Waals surface area (Å²) in [5, 5.41) is 5.19. The largest absolute Gasteiger partial charge is 0.466 e. The molecule has 1 aromatic carbocycles. The Bertz CT molecular complexity index is 943. The van der Waals surface area contributed by atoms with Crippen molar-refractivity contribution in [3.05, 3.63) is 48.0 Å². The van der Waals surface area contributed by atoms with E-state index in [0.29, 0.717) is 11.1 Å². The molecule has 0 aliphatic carbocycles. The topological polar surface area (TPSA) is 114 Å². The number of esters is 1. The van der Waals surface area contributed by atoms with E-state index in [1.165, 1.54) is 17.9 Å². The van der Waals surface area contributed by atoms with Gasteiger partial charge in [0, 0.05) is 18.7 Å². The Morgan fingerprint density at radius 1 is 1.20 bits per heavy atom. The van der Waals surface area contributed by atoms with Crippen molar-refractivity contribution in [1.29, 1.82) is 0 Å². The maximum Gasteiger partial charge on any atom is 0.408 e. The number of hydrogen-bond donors (Lipinski definition) is 2. The first kappa shape index (κ1) is 29.2. The number of rotatable bonds is 11. The highest BCUT2D eigenvalue weighted by Gasteiger charge is 2.34. The van der Waals surface area contributed by atoms with Crippen LogP contribution in [0.5, 0.6) is 0 Å². The van der Waals surface area contributed by atoms with E-state index in [2.05, 4.69) is 23.1 Å². The normalized spacial score (nSPS) is 12.3. The maximum absolute atomic E-state index is 13.4. The summed E-state index contributed by atoms with van der Waals surface area (Å²) >= 11 is 0. The predicted molar refractivity (Wildman–Crippen MR) is 132 cm³/mol. The molecule has 0 aliphatic rings. The third-order valence-corrected chi connectivity index (χ3v) is 4.60. The molecule has 2 unspecified atom stereocenters. The molecule has 0 saturated heterocycles. The van der Waals surface area contributed by atoms with Crippen molar-refractivity contribution in [3.63, 3.8) is 0 Å². The third kappa shape index (κ3) is 9.92. The summed E-state index contributed by atoms with van der Waals surface area (Å²) in [6.07, 6.45) is 6.14. The number of benzene rings is 1. The van der Waals surface area contributed by atoms with Crippen LogP contribution in [0.2, 0.25) is 0 Å². The number of alkyl carbamates (subject to hydrolysis) is 1. The Balaban J connectivity index is 3.20. The number of nitrogens with one attached hydrogen (secondary N) is 2. The van der Waals surface area contributed by atoms with Crippen molar-refractivity contribution < 1.29 is 28.7 Å². The first-order chi connectivity index (χ1) is 16.4. The predicted octanol–water partition coefficient (Wildman–Crippen LogP) is 2.71. The van der Waals surface area contributed by atoms with Gasteiger partial charge < -0.3 is 25.0 Å². The van der Waals surface area contributed by atoms with Crippen LogP contribution in [0.1, 0.15) is 58.2 Å². The van der Waals surface area contributed by atoms with E-state index < -0.39 is 41.6 Å². The van der Waals surface area contributed by atoms with Crippen molar-refractivity contribution in [2.45, 2.75) is 58.7 Å². The standard InChI is InChI=1S/C26H35N3O6/c1-8-17-29(24(32)18(4)28-25(33)35-26(5,6)7)22(20-13-11-19(9-2)12-14-20)23(31)27-16-15-21(30)34-10-3/h2,8,11-14,18,22H,1,10,15-17H2,3-7H3,(H,27,31)(H,28,33). The number of carbonyl (C=O) groups is 4. The maximum atomic E-state index is 13.4. The number of terminal acetylenes is 1. The van der Waals surface area contributed by atoms with E-state index in [0.717, 1.165) is 0 Å². The Kier molecular flexibility index (Phi) is 11.5. The van der Waals surface area contributed by atoms with Gasteiger partial charge in [0.15, 0.2) is 0 Å². The summed E-state index contributed by atoms with van der Waals surface area (Å²) in [5.41, 5.74) is 0.363. The highest BCUT2D eigenvalue weighted by atomic mass is 16.6. The van der Waals surface area contributed by atoms with Crippen LogP contribution < -0.4 is 10.6 Å². The first-order valence-electron chi connectivity index (χ1n) is 11.3. The van der Waals surface area contributed by atoms with Gasteiger partial charge in [-0.1, -0.05) is 24.1 Å². The molecule has 0 saturated carbocycles. The van der Waals surface area contributed by atoms with Gasteiger partial charge in [-0.25, -0.2) is 4.79 Å². The lowest BCUT2D eigenvalue weighted by Crippen LogP contribution is -2.52. The molecule has 0 heterocycles. The Morgan fingerprint density at radius 3 is 2.34 bits per heavy atom. The molecule has 0 aliphatic heterocycles. The van der Waals surface area contributed by atoms with Crippen LogP contribution in [-0.2, 0) is 23.9 Å². The van der Waals surface area contributed by atoms with Crippen LogP contribution in [0.15, 0.2) is 36.9 Å². The van der Waals surface area contributed by atoms with Crippen LogP contribution in [0.3, 0.4) is 0 Å². The zero-order chi connectivity index (χ0) is 26.6.